The van der Waals surface area contributed by atoms with Crippen molar-refractivity contribution in [3.8, 4) is 5.75 Å². The third-order valence-corrected chi connectivity index (χ3v) is 4.92. The van der Waals surface area contributed by atoms with Crippen LogP contribution in [-0.2, 0) is 14.2 Å². The Morgan fingerprint density at radius 2 is 1.55 bits per heavy atom. The first-order valence-corrected chi connectivity index (χ1v) is 9.18. The second-order valence-corrected chi connectivity index (χ2v) is 6.99. The first-order chi connectivity index (χ1) is 13.8. The van der Waals surface area contributed by atoms with Crippen LogP contribution in [0.3, 0.4) is 0 Å². The van der Waals surface area contributed by atoms with E-state index in [-0.39, 0.29) is 13.2 Å². The van der Waals surface area contributed by atoms with Crippen LogP contribution in [0.5, 0.6) is 5.75 Å². The second kappa shape index (κ2) is 9.47. The van der Waals surface area contributed by atoms with Crippen LogP contribution in [0, 0.1) is 0 Å². The third kappa shape index (κ3) is 4.94. The first kappa shape index (κ1) is 22.1. The van der Waals surface area contributed by atoms with E-state index >= 15 is 0 Å². The Bertz CT molecular complexity index is 667. The minimum absolute atomic E-state index is 0.245. The molecular formula is C19H26O10. The van der Waals surface area contributed by atoms with Crippen molar-refractivity contribution in [1.29, 1.82) is 0 Å². The molecule has 3 rings (SSSR count). The molecule has 2 aliphatic rings. The Balaban J connectivity index is 1.61. The monoisotopic (exact) mass is 414 g/mol. The lowest BCUT2D eigenvalue weighted by Gasteiger charge is -2.41. The van der Waals surface area contributed by atoms with Crippen LogP contribution < -0.4 is 4.74 Å². The van der Waals surface area contributed by atoms with Gasteiger partial charge in [-0.3, -0.25) is 0 Å². The minimum Gasteiger partial charge on any atom is -0.462 e. The lowest BCUT2D eigenvalue weighted by Crippen LogP contribution is -2.61. The lowest BCUT2D eigenvalue weighted by molar-refractivity contribution is -0.307. The maximum Gasteiger partial charge on any atom is 0.229 e. The fourth-order valence-electron chi connectivity index (χ4n) is 3.08. The molecule has 9 atom stereocenters. The van der Waals surface area contributed by atoms with Crippen molar-refractivity contribution in [2.24, 2.45) is 0 Å². The molecule has 0 unspecified atom stereocenters. The Morgan fingerprint density at radius 3 is 2.21 bits per heavy atom. The van der Waals surface area contributed by atoms with Crippen molar-refractivity contribution in [1.82, 2.24) is 0 Å². The van der Waals surface area contributed by atoms with Gasteiger partial charge in [0.1, 0.15) is 48.5 Å². The Morgan fingerprint density at radius 1 is 0.897 bits per heavy atom. The molecule has 10 heteroatoms. The number of aliphatic hydroxyl groups is 6. The van der Waals surface area contributed by atoms with Gasteiger partial charge in [-0.2, -0.15) is 0 Å². The second-order valence-electron chi connectivity index (χ2n) is 6.99. The van der Waals surface area contributed by atoms with E-state index in [0.717, 1.165) is 5.56 Å². The molecular weight excluding hydrogens is 388 g/mol. The highest BCUT2D eigenvalue weighted by molar-refractivity contribution is 5.48. The zero-order chi connectivity index (χ0) is 21.1. The Hall–Kier alpha value is -1.60. The molecule has 0 saturated carbocycles. The van der Waals surface area contributed by atoms with Crippen LogP contribution in [0.1, 0.15) is 5.56 Å². The first-order valence-electron chi connectivity index (χ1n) is 9.18. The molecule has 2 saturated heterocycles. The number of hydrogen-bond acceptors (Lipinski definition) is 10. The zero-order valence-electron chi connectivity index (χ0n) is 15.5. The molecule has 0 amide bonds. The summed E-state index contributed by atoms with van der Waals surface area (Å²) in [4.78, 5) is 0. The van der Waals surface area contributed by atoms with Crippen LogP contribution in [-0.4, -0.2) is 99.2 Å². The average Bonchev–Trinajstić information content (AvgIpc) is 2.73. The summed E-state index contributed by atoms with van der Waals surface area (Å²) in [5, 5.41) is 59.5. The molecule has 0 bridgehead atoms. The quantitative estimate of drug-likeness (QED) is 0.307. The van der Waals surface area contributed by atoms with Gasteiger partial charge in [-0.05, 0) is 17.7 Å². The van der Waals surface area contributed by atoms with Gasteiger partial charge in [0.2, 0.25) is 6.29 Å². The number of ether oxygens (including phenoxy) is 4. The van der Waals surface area contributed by atoms with Crippen molar-refractivity contribution in [2.45, 2.75) is 55.3 Å². The van der Waals surface area contributed by atoms with Crippen LogP contribution in [0.2, 0.25) is 0 Å². The van der Waals surface area contributed by atoms with Gasteiger partial charge in [-0.1, -0.05) is 24.8 Å². The minimum atomic E-state index is -1.57. The normalized spacial score (nSPS) is 40.4. The van der Waals surface area contributed by atoms with Gasteiger partial charge >= 0.3 is 0 Å². The number of benzene rings is 1. The molecule has 2 heterocycles. The van der Waals surface area contributed by atoms with Gasteiger partial charge in [0.15, 0.2) is 6.29 Å². The molecule has 29 heavy (non-hydrogen) atoms. The van der Waals surface area contributed by atoms with E-state index in [2.05, 4.69) is 6.58 Å². The molecule has 2 aliphatic heterocycles. The summed E-state index contributed by atoms with van der Waals surface area (Å²) >= 11 is 0. The number of hydrogen-bond donors (Lipinski definition) is 6. The van der Waals surface area contributed by atoms with Gasteiger partial charge in [0.05, 0.1) is 13.2 Å². The fourth-order valence-corrected chi connectivity index (χ4v) is 3.08. The van der Waals surface area contributed by atoms with E-state index < -0.39 is 55.3 Å². The molecule has 0 radical (unpaired) electrons. The molecule has 0 spiro atoms. The third-order valence-electron chi connectivity index (χ3n) is 4.92. The predicted molar refractivity (Wildman–Crippen MR) is 97.6 cm³/mol. The Kier molecular flexibility index (Phi) is 7.22. The number of rotatable bonds is 6. The molecule has 0 aliphatic carbocycles. The highest BCUT2D eigenvalue weighted by Crippen LogP contribution is 2.26. The molecule has 162 valence electrons. The zero-order valence-corrected chi connectivity index (χ0v) is 15.5. The van der Waals surface area contributed by atoms with Crippen molar-refractivity contribution in [3.63, 3.8) is 0 Å². The predicted octanol–water partition coefficient (Wildman–Crippen LogP) is -2.03. The molecule has 1 aromatic carbocycles. The fraction of sp³-hybridized carbons (Fsp3) is 0.579. The van der Waals surface area contributed by atoms with E-state index in [4.69, 9.17) is 18.9 Å². The molecule has 1 aromatic rings. The van der Waals surface area contributed by atoms with Crippen molar-refractivity contribution in [3.05, 3.63) is 36.4 Å². The van der Waals surface area contributed by atoms with E-state index in [1.54, 1.807) is 30.3 Å². The van der Waals surface area contributed by atoms with Crippen LogP contribution in [0.15, 0.2) is 30.8 Å². The summed E-state index contributed by atoms with van der Waals surface area (Å²) in [6.45, 7) is 3.06. The van der Waals surface area contributed by atoms with Crippen LogP contribution >= 0.6 is 0 Å². The summed E-state index contributed by atoms with van der Waals surface area (Å²) in [7, 11) is 0. The van der Waals surface area contributed by atoms with Crippen molar-refractivity contribution >= 4 is 6.08 Å². The Labute approximate surface area is 167 Å². The largest absolute Gasteiger partial charge is 0.462 e. The van der Waals surface area contributed by atoms with E-state index in [0.29, 0.717) is 5.75 Å². The molecule has 6 N–H and O–H groups in total. The van der Waals surface area contributed by atoms with Crippen LogP contribution in [0.4, 0.5) is 0 Å². The molecule has 10 nitrogen and oxygen atoms in total. The molecule has 0 aromatic heterocycles. The highest BCUT2D eigenvalue weighted by Gasteiger charge is 2.46. The lowest BCUT2D eigenvalue weighted by atomic mass is 9.99. The average molecular weight is 414 g/mol. The standard InChI is InChI=1S/C19H26O10/c1-2-9-3-5-10(6-4-9)28-19-17(25)15(23)14(22)12(29-19)8-27-18-16(24)13(21)11(20)7-26-18/h2-6,11-25H,1,7-8H2/t11-,12+,13+,14+,15-,16+,17+,18-,19+/m0/s1. The van der Waals surface area contributed by atoms with Crippen molar-refractivity contribution < 1.29 is 49.6 Å². The van der Waals surface area contributed by atoms with Gasteiger partial charge in [0.25, 0.3) is 0 Å². The van der Waals surface area contributed by atoms with Gasteiger partial charge < -0.3 is 49.6 Å². The molecule has 2 fully saturated rings. The van der Waals surface area contributed by atoms with Gasteiger partial charge in [0, 0.05) is 0 Å². The maximum absolute atomic E-state index is 10.2. The summed E-state index contributed by atoms with van der Waals surface area (Å²) in [5.74, 6) is 0.367. The maximum atomic E-state index is 10.2. The van der Waals surface area contributed by atoms with Crippen LogP contribution in [0.25, 0.3) is 6.08 Å². The van der Waals surface area contributed by atoms with Crippen molar-refractivity contribution in [2.75, 3.05) is 13.2 Å². The summed E-state index contributed by atoms with van der Waals surface area (Å²) in [6.07, 6.45) is -10.8. The topological polar surface area (TPSA) is 158 Å². The van der Waals surface area contributed by atoms with E-state index in [1.807, 2.05) is 0 Å². The van der Waals surface area contributed by atoms with E-state index in [1.165, 1.54) is 0 Å². The van der Waals surface area contributed by atoms with Gasteiger partial charge in [-0.25, -0.2) is 0 Å². The smallest absolute Gasteiger partial charge is 0.229 e. The van der Waals surface area contributed by atoms with E-state index in [9.17, 15) is 30.6 Å². The summed E-state index contributed by atoms with van der Waals surface area (Å²) < 4.78 is 21.6. The highest BCUT2D eigenvalue weighted by atomic mass is 16.7. The summed E-state index contributed by atoms with van der Waals surface area (Å²) in [5.41, 5.74) is 0.863. The number of aliphatic hydroxyl groups excluding tert-OH is 6. The van der Waals surface area contributed by atoms with Gasteiger partial charge in [-0.15, -0.1) is 0 Å². The summed E-state index contributed by atoms with van der Waals surface area (Å²) in [6, 6.07) is 6.75. The SMILES string of the molecule is C=Cc1ccc(O[C@@H]2O[C@H](CO[C@@H]3OC[C@H](O)[C@@H](O)[C@H]3O)[C@@H](O)[C@H](O)[C@H]2O)cc1.